The number of nitrogens with zero attached hydrogens (tertiary/aromatic N) is 2. The highest BCUT2D eigenvalue weighted by Crippen LogP contribution is 2.25. The van der Waals surface area contributed by atoms with Crippen molar-refractivity contribution in [3.63, 3.8) is 0 Å². The SMILES string of the molecule is O=C(COc1ccsc1)N1CCC(c2n[nH]c(=O)o2)CC1. The van der Waals surface area contributed by atoms with E-state index in [2.05, 4.69) is 10.2 Å². The zero-order valence-electron chi connectivity index (χ0n) is 11.3. The van der Waals surface area contributed by atoms with E-state index in [1.807, 2.05) is 16.8 Å². The summed E-state index contributed by atoms with van der Waals surface area (Å²) in [7, 11) is 0. The second kappa shape index (κ2) is 6.13. The maximum Gasteiger partial charge on any atom is 0.434 e. The van der Waals surface area contributed by atoms with Crippen molar-refractivity contribution in [1.29, 1.82) is 0 Å². The lowest BCUT2D eigenvalue weighted by Gasteiger charge is -2.30. The maximum atomic E-state index is 12.0. The number of hydrogen-bond acceptors (Lipinski definition) is 6. The van der Waals surface area contributed by atoms with Gasteiger partial charge in [-0.05, 0) is 24.3 Å². The van der Waals surface area contributed by atoms with Crippen LogP contribution < -0.4 is 10.5 Å². The third-order valence-corrected chi connectivity index (χ3v) is 4.17. The third-order valence-electron chi connectivity index (χ3n) is 3.51. The zero-order valence-corrected chi connectivity index (χ0v) is 12.1. The van der Waals surface area contributed by atoms with E-state index in [1.54, 1.807) is 4.90 Å². The molecule has 21 heavy (non-hydrogen) atoms. The number of aromatic amines is 1. The molecule has 0 spiro atoms. The van der Waals surface area contributed by atoms with Crippen molar-refractivity contribution in [3.8, 4) is 5.75 Å². The molecule has 1 N–H and O–H groups in total. The smallest absolute Gasteiger partial charge is 0.434 e. The first-order valence-electron chi connectivity index (χ1n) is 6.70. The molecule has 112 valence electrons. The van der Waals surface area contributed by atoms with Gasteiger partial charge in [-0.2, -0.15) is 0 Å². The third kappa shape index (κ3) is 3.33. The van der Waals surface area contributed by atoms with Gasteiger partial charge < -0.3 is 14.1 Å². The number of aromatic nitrogens is 2. The normalized spacial score (nSPS) is 16.1. The summed E-state index contributed by atoms with van der Waals surface area (Å²) in [6.07, 6.45) is 1.47. The van der Waals surface area contributed by atoms with Gasteiger partial charge in [0.1, 0.15) is 5.75 Å². The van der Waals surface area contributed by atoms with E-state index in [1.165, 1.54) is 11.3 Å². The summed E-state index contributed by atoms with van der Waals surface area (Å²) >= 11 is 1.53. The predicted molar refractivity (Wildman–Crippen MR) is 75.5 cm³/mol. The number of carbonyl (C=O) groups excluding carboxylic acids is 1. The van der Waals surface area contributed by atoms with Crippen molar-refractivity contribution >= 4 is 17.2 Å². The molecule has 1 saturated heterocycles. The lowest BCUT2D eigenvalue weighted by atomic mass is 9.97. The fourth-order valence-electron chi connectivity index (χ4n) is 2.36. The summed E-state index contributed by atoms with van der Waals surface area (Å²) in [6.45, 7) is 1.29. The molecule has 1 aliphatic rings. The average Bonchev–Trinajstić information content (AvgIpc) is 3.16. The van der Waals surface area contributed by atoms with Gasteiger partial charge in [0.2, 0.25) is 5.89 Å². The van der Waals surface area contributed by atoms with Crippen molar-refractivity contribution in [2.45, 2.75) is 18.8 Å². The molecule has 7 nitrogen and oxygen atoms in total. The molecule has 3 heterocycles. The first-order valence-corrected chi connectivity index (χ1v) is 7.65. The minimum absolute atomic E-state index is 0.0249. The van der Waals surface area contributed by atoms with Crippen LogP contribution in [-0.2, 0) is 4.79 Å². The number of thiophene rings is 1. The van der Waals surface area contributed by atoms with Crippen LogP contribution >= 0.6 is 11.3 Å². The number of H-pyrrole nitrogens is 1. The Balaban J connectivity index is 1.48. The summed E-state index contributed by atoms with van der Waals surface area (Å²) < 4.78 is 10.4. The van der Waals surface area contributed by atoms with Gasteiger partial charge in [0, 0.05) is 24.4 Å². The number of carbonyl (C=O) groups is 1. The molecule has 2 aromatic heterocycles. The Bertz CT molecular complexity index is 640. The Morgan fingerprint density at radius 2 is 2.33 bits per heavy atom. The van der Waals surface area contributed by atoms with Crippen LogP contribution in [0.3, 0.4) is 0 Å². The molecule has 0 unspecified atom stereocenters. The monoisotopic (exact) mass is 309 g/mol. The Labute approximate surface area is 124 Å². The lowest BCUT2D eigenvalue weighted by molar-refractivity contribution is -0.134. The number of ether oxygens (including phenoxy) is 1. The minimum Gasteiger partial charge on any atom is -0.483 e. The summed E-state index contributed by atoms with van der Waals surface area (Å²) in [6, 6.07) is 1.84. The Morgan fingerprint density at radius 1 is 1.52 bits per heavy atom. The largest absolute Gasteiger partial charge is 0.483 e. The molecule has 8 heteroatoms. The first kappa shape index (κ1) is 13.9. The number of nitrogens with one attached hydrogen (secondary N) is 1. The first-order chi connectivity index (χ1) is 10.2. The fraction of sp³-hybridized carbons (Fsp3) is 0.462. The van der Waals surface area contributed by atoms with Crippen LogP contribution in [0.15, 0.2) is 26.0 Å². The van der Waals surface area contributed by atoms with E-state index in [9.17, 15) is 9.59 Å². The molecule has 0 aliphatic carbocycles. The van der Waals surface area contributed by atoms with Crippen LogP contribution in [0.5, 0.6) is 5.75 Å². The quantitative estimate of drug-likeness (QED) is 0.917. The molecular formula is C13H15N3O4S. The molecule has 0 saturated carbocycles. The summed E-state index contributed by atoms with van der Waals surface area (Å²) in [5, 5.41) is 9.88. The van der Waals surface area contributed by atoms with Gasteiger partial charge in [-0.25, -0.2) is 9.89 Å². The standard InChI is InChI=1S/C13H15N3O4S/c17-11(7-19-10-3-6-21-8-10)16-4-1-9(2-5-16)12-14-15-13(18)20-12/h3,6,8-9H,1-2,4-5,7H2,(H,15,18). The van der Waals surface area contributed by atoms with Gasteiger partial charge in [0.25, 0.3) is 5.91 Å². The van der Waals surface area contributed by atoms with Crippen LogP contribution in [0.2, 0.25) is 0 Å². The van der Waals surface area contributed by atoms with Gasteiger partial charge in [-0.3, -0.25) is 4.79 Å². The molecule has 2 aromatic rings. The number of rotatable bonds is 4. The second-order valence-corrected chi connectivity index (χ2v) is 5.63. The van der Waals surface area contributed by atoms with Gasteiger partial charge >= 0.3 is 5.76 Å². The van der Waals surface area contributed by atoms with Crippen molar-refractivity contribution < 1.29 is 13.9 Å². The van der Waals surface area contributed by atoms with Crippen LogP contribution in [0.4, 0.5) is 0 Å². The predicted octanol–water partition coefficient (Wildman–Crippen LogP) is 1.21. The van der Waals surface area contributed by atoms with E-state index in [0.29, 0.717) is 19.0 Å². The molecule has 3 rings (SSSR count). The molecule has 0 atom stereocenters. The molecule has 0 bridgehead atoms. The van der Waals surface area contributed by atoms with Crippen molar-refractivity contribution in [2.75, 3.05) is 19.7 Å². The summed E-state index contributed by atoms with van der Waals surface area (Å²) in [5.74, 6) is 0.685. The Hall–Kier alpha value is -2.09. The zero-order chi connectivity index (χ0) is 14.7. The minimum atomic E-state index is -0.535. The number of piperidine rings is 1. The topological polar surface area (TPSA) is 88.4 Å². The highest BCUT2D eigenvalue weighted by atomic mass is 32.1. The van der Waals surface area contributed by atoms with Crippen LogP contribution in [0.25, 0.3) is 0 Å². The second-order valence-electron chi connectivity index (χ2n) is 4.85. The molecule has 0 radical (unpaired) electrons. The van der Waals surface area contributed by atoms with Gasteiger partial charge in [-0.1, -0.05) is 0 Å². The number of hydrogen-bond donors (Lipinski definition) is 1. The Morgan fingerprint density at radius 3 is 2.95 bits per heavy atom. The van der Waals surface area contributed by atoms with Crippen molar-refractivity contribution in [3.05, 3.63) is 33.3 Å². The van der Waals surface area contributed by atoms with Crippen LogP contribution in [0.1, 0.15) is 24.7 Å². The van der Waals surface area contributed by atoms with Crippen LogP contribution in [-0.4, -0.2) is 40.7 Å². The van der Waals surface area contributed by atoms with E-state index in [0.717, 1.165) is 18.6 Å². The summed E-state index contributed by atoms with van der Waals surface area (Å²) in [5.41, 5.74) is 0. The van der Waals surface area contributed by atoms with E-state index in [-0.39, 0.29) is 18.4 Å². The van der Waals surface area contributed by atoms with Gasteiger partial charge in [-0.15, -0.1) is 16.4 Å². The molecule has 1 aliphatic heterocycles. The van der Waals surface area contributed by atoms with Crippen molar-refractivity contribution in [2.24, 2.45) is 0 Å². The summed E-state index contributed by atoms with van der Waals surface area (Å²) in [4.78, 5) is 24.8. The number of likely N-dealkylation sites (tertiary alicyclic amines) is 1. The molecule has 1 fully saturated rings. The van der Waals surface area contributed by atoms with Crippen molar-refractivity contribution in [1.82, 2.24) is 15.1 Å². The highest BCUT2D eigenvalue weighted by Gasteiger charge is 2.27. The number of amides is 1. The Kier molecular flexibility index (Phi) is 4.05. The molecule has 0 aromatic carbocycles. The molecular weight excluding hydrogens is 294 g/mol. The average molecular weight is 309 g/mol. The van der Waals surface area contributed by atoms with E-state index < -0.39 is 5.76 Å². The van der Waals surface area contributed by atoms with E-state index >= 15 is 0 Å². The lowest BCUT2D eigenvalue weighted by Crippen LogP contribution is -2.40. The van der Waals surface area contributed by atoms with E-state index in [4.69, 9.17) is 9.15 Å². The maximum absolute atomic E-state index is 12.0. The van der Waals surface area contributed by atoms with Gasteiger partial charge in [0.05, 0.1) is 0 Å². The van der Waals surface area contributed by atoms with Crippen LogP contribution in [0, 0.1) is 0 Å². The highest BCUT2D eigenvalue weighted by molar-refractivity contribution is 7.08. The fourth-order valence-corrected chi connectivity index (χ4v) is 2.93. The van der Waals surface area contributed by atoms with Gasteiger partial charge in [0.15, 0.2) is 6.61 Å². The molecule has 1 amide bonds.